The maximum Gasteiger partial charge on any atom is 0.132 e. The molecule has 0 saturated heterocycles. The highest BCUT2D eigenvalue weighted by Crippen LogP contribution is 2.38. The number of ether oxygens (including phenoxy) is 2. The van der Waals surface area contributed by atoms with Crippen molar-refractivity contribution in [2.75, 3.05) is 14.2 Å². The van der Waals surface area contributed by atoms with Crippen LogP contribution in [0.4, 0.5) is 0 Å². The fraction of sp³-hybridized carbons (Fsp3) is 0.300. The quantitative estimate of drug-likeness (QED) is 0.625. The number of hydrogen-bond donors (Lipinski definition) is 0. The molecule has 0 aliphatic heterocycles. The van der Waals surface area contributed by atoms with Crippen molar-refractivity contribution >= 4 is 11.6 Å². The van der Waals surface area contributed by atoms with Gasteiger partial charge in [-0.15, -0.1) is 5.10 Å². The van der Waals surface area contributed by atoms with Gasteiger partial charge in [0.15, 0.2) is 0 Å². The van der Waals surface area contributed by atoms with Gasteiger partial charge in [-0.25, -0.2) is 4.68 Å². The van der Waals surface area contributed by atoms with E-state index in [1.165, 1.54) is 0 Å². The summed E-state index contributed by atoms with van der Waals surface area (Å²) in [7, 11) is 3.33. The minimum absolute atomic E-state index is 0.315. The molecule has 0 bridgehead atoms. The highest BCUT2D eigenvalue weighted by atomic mass is 35.5. The van der Waals surface area contributed by atoms with E-state index >= 15 is 0 Å². The molecule has 2 aromatic carbocycles. The summed E-state index contributed by atoms with van der Waals surface area (Å²) in [6.07, 6.45) is 1.75. The zero-order valence-electron chi connectivity index (χ0n) is 15.4. The van der Waals surface area contributed by atoms with Gasteiger partial charge in [-0.2, -0.15) is 0 Å². The zero-order valence-corrected chi connectivity index (χ0v) is 16.1. The molecule has 0 atom stereocenters. The van der Waals surface area contributed by atoms with Gasteiger partial charge < -0.3 is 9.47 Å². The molecule has 0 unspecified atom stereocenters. The minimum atomic E-state index is 0.315. The molecule has 6 heteroatoms. The van der Waals surface area contributed by atoms with Gasteiger partial charge in [0, 0.05) is 16.7 Å². The van der Waals surface area contributed by atoms with Crippen LogP contribution in [0.3, 0.4) is 0 Å². The van der Waals surface area contributed by atoms with Gasteiger partial charge in [0.05, 0.1) is 32.7 Å². The topological polar surface area (TPSA) is 49.2 Å². The van der Waals surface area contributed by atoms with Crippen LogP contribution in [-0.4, -0.2) is 29.2 Å². The monoisotopic (exact) mass is 371 g/mol. The molecule has 0 spiro atoms. The van der Waals surface area contributed by atoms with Crippen molar-refractivity contribution in [3.05, 3.63) is 58.7 Å². The molecule has 26 heavy (non-hydrogen) atoms. The number of benzene rings is 2. The van der Waals surface area contributed by atoms with Gasteiger partial charge in [-0.1, -0.05) is 42.8 Å². The summed E-state index contributed by atoms with van der Waals surface area (Å²) in [4.78, 5) is 0. The Bertz CT molecular complexity index is 889. The Kier molecular flexibility index (Phi) is 5.47. The van der Waals surface area contributed by atoms with Crippen molar-refractivity contribution in [2.24, 2.45) is 0 Å². The third-order valence-electron chi connectivity index (χ3n) is 4.31. The lowest BCUT2D eigenvalue weighted by Gasteiger charge is -2.17. The largest absolute Gasteiger partial charge is 0.496 e. The molecule has 5 nitrogen and oxygen atoms in total. The fourth-order valence-electron chi connectivity index (χ4n) is 2.92. The van der Waals surface area contributed by atoms with E-state index in [-0.39, 0.29) is 0 Å². The van der Waals surface area contributed by atoms with Crippen molar-refractivity contribution in [3.63, 3.8) is 0 Å². The number of nitrogens with zero attached hydrogens (tertiary/aromatic N) is 3. The van der Waals surface area contributed by atoms with Crippen molar-refractivity contribution in [3.8, 4) is 22.8 Å². The molecule has 0 aliphatic rings. The summed E-state index contributed by atoms with van der Waals surface area (Å²) in [6.45, 7) is 4.87. The smallest absolute Gasteiger partial charge is 0.132 e. The van der Waals surface area contributed by atoms with E-state index < -0.39 is 0 Å². The first-order valence-corrected chi connectivity index (χ1v) is 8.80. The van der Waals surface area contributed by atoms with Crippen LogP contribution in [-0.2, 0) is 6.54 Å². The third-order valence-corrected chi connectivity index (χ3v) is 4.57. The molecular formula is C20H22ClN3O2. The van der Waals surface area contributed by atoms with Gasteiger partial charge >= 0.3 is 0 Å². The Morgan fingerprint density at radius 3 is 2.35 bits per heavy atom. The average molecular weight is 372 g/mol. The average Bonchev–Trinajstić information content (AvgIpc) is 3.10. The molecular weight excluding hydrogens is 350 g/mol. The Morgan fingerprint density at radius 2 is 1.73 bits per heavy atom. The molecule has 1 aromatic heterocycles. The Labute approximate surface area is 158 Å². The first-order valence-electron chi connectivity index (χ1n) is 8.42. The van der Waals surface area contributed by atoms with Crippen LogP contribution in [0.25, 0.3) is 11.3 Å². The molecule has 0 aliphatic carbocycles. The molecule has 0 amide bonds. The molecule has 3 rings (SSSR count). The maximum absolute atomic E-state index is 5.97. The van der Waals surface area contributed by atoms with Crippen LogP contribution in [0.1, 0.15) is 30.9 Å². The van der Waals surface area contributed by atoms with Crippen LogP contribution in [0.15, 0.2) is 42.6 Å². The summed E-state index contributed by atoms with van der Waals surface area (Å²) < 4.78 is 13.0. The van der Waals surface area contributed by atoms with Crippen LogP contribution in [0, 0.1) is 0 Å². The van der Waals surface area contributed by atoms with Crippen molar-refractivity contribution in [1.82, 2.24) is 15.0 Å². The van der Waals surface area contributed by atoms with Crippen LogP contribution in [0.5, 0.6) is 11.5 Å². The number of aromatic nitrogens is 3. The lowest BCUT2D eigenvalue weighted by Crippen LogP contribution is -2.05. The van der Waals surface area contributed by atoms with E-state index in [1.54, 1.807) is 20.4 Å². The van der Waals surface area contributed by atoms with E-state index in [0.29, 0.717) is 17.5 Å². The second-order valence-electron chi connectivity index (χ2n) is 6.35. The first-order chi connectivity index (χ1) is 12.5. The molecule has 136 valence electrons. The fourth-order valence-corrected chi connectivity index (χ4v) is 3.05. The standard InChI is InChI=1S/C20H22ClN3O2/c1-13(2)16-9-17(20(26-4)10-19(16)25-3)18-11-22-23-24(18)12-14-5-7-15(21)8-6-14/h5-11,13H,12H2,1-4H3. The lowest BCUT2D eigenvalue weighted by atomic mass is 9.97. The number of halogens is 1. The highest BCUT2D eigenvalue weighted by molar-refractivity contribution is 6.30. The van der Waals surface area contributed by atoms with Crippen LogP contribution in [0.2, 0.25) is 5.02 Å². The normalized spacial score (nSPS) is 11.0. The highest BCUT2D eigenvalue weighted by Gasteiger charge is 2.18. The van der Waals surface area contributed by atoms with Gasteiger partial charge in [0.25, 0.3) is 0 Å². The predicted molar refractivity (Wildman–Crippen MR) is 103 cm³/mol. The Balaban J connectivity index is 2.05. The second-order valence-corrected chi connectivity index (χ2v) is 6.79. The first kappa shape index (κ1) is 18.3. The lowest BCUT2D eigenvalue weighted by molar-refractivity contribution is 0.390. The number of methoxy groups -OCH3 is 2. The maximum atomic E-state index is 5.97. The van der Waals surface area contributed by atoms with Gasteiger partial charge in [-0.3, -0.25) is 0 Å². The summed E-state index contributed by atoms with van der Waals surface area (Å²) in [5.41, 5.74) is 4.04. The van der Waals surface area contributed by atoms with E-state index in [0.717, 1.165) is 33.9 Å². The number of hydrogen-bond acceptors (Lipinski definition) is 4. The predicted octanol–water partition coefficient (Wildman–Crippen LogP) is 4.79. The minimum Gasteiger partial charge on any atom is -0.496 e. The third kappa shape index (κ3) is 3.68. The van der Waals surface area contributed by atoms with E-state index in [4.69, 9.17) is 21.1 Å². The van der Waals surface area contributed by atoms with Gasteiger partial charge in [0.2, 0.25) is 0 Å². The molecule has 3 aromatic rings. The Hall–Kier alpha value is -2.53. The SMILES string of the molecule is COc1cc(OC)c(C(C)C)cc1-c1cnnn1Cc1ccc(Cl)cc1. The van der Waals surface area contributed by atoms with E-state index in [9.17, 15) is 0 Å². The van der Waals surface area contributed by atoms with Crippen molar-refractivity contribution in [2.45, 2.75) is 26.3 Å². The van der Waals surface area contributed by atoms with Gasteiger partial charge in [0.1, 0.15) is 11.5 Å². The van der Waals surface area contributed by atoms with Crippen molar-refractivity contribution < 1.29 is 9.47 Å². The summed E-state index contributed by atoms with van der Waals surface area (Å²) in [5.74, 6) is 1.86. The van der Waals surface area contributed by atoms with Gasteiger partial charge in [-0.05, 0) is 35.2 Å². The second kappa shape index (κ2) is 7.79. The number of rotatable bonds is 6. The summed E-state index contributed by atoms with van der Waals surface area (Å²) in [5, 5.41) is 9.07. The molecule has 0 radical (unpaired) electrons. The van der Waals surface area contributed by atoms with Crippen molar-refractivity contribution in [1.29, 1.82) is 0 Å². The van der Waals surface area contributed by atoms with E-state index in [1.807, 2.05) is 35.0 Å². The molecule has 0 saturated carbocycles. The van der Waals surface area contributed by atoms with E-state index in [2.05, 4.69) is 30.2 Å². The summed E-state index contributed by atoms with van der Waals surface area (Å²) >= 11 is 5.97. The molecule has 0 N–H and O–H groups in total. The zero-order chi connectivity index (χ0) is 18.7. The van der Waals surface area contributed by atoms with Crippen LogP contribution < -0.4 is 9.47 Å². The van der Waals surface area contributed by atoms with Crippen LogP contribution >= 0.6 is 11.6 Å². The Morgan fingerprint density at radius 1 is 1.04 bits per heavy atom. The summed E-state index contributed by atoms with van der Waals surface area (Å²) in [6, 6.07) is 11.7. The molecule has 1 heterocycles. The molecule has 0 fully saturated rings.